The van der Waals surface area contributed by atoms with Gasteiger partial charge in [-0.15, -0.1) is 0 Å². The van der Waals surface area contributed by atoms with Crippen molar-refractivity contribution in [1.82, 2.24) is 9.88 Å². The fraction of sp³-hybridized carbons (Fsp3) is 0.238. The van der Waals surface area contributed by atoms with E-state index in [0.717, 1.165) is 22.5 Å². The predicted molar refractivity (Wildman–Crippen MR) is 108 cm³/mol. The van der Waals surface area contributed by atoms with Gasteiger partial charge in [-0.1, -0.05) is 29.8 Å². The van der Waals surface area contributed by atoms with E-state index in [-0.39, 0.29) is 12.0 Å². The van der Waals surface area contributed by atoms with E-state index in [0.29, 0.717) is 16.3 Å². The summed E-state index contributed by atoms with van der Waals surface area (Å²) in [7, 11) is 1.72. The number of aromatic nitrogens is 1. The molecule has 0 radical (unpaired) electrons. The molecule has 0 aliphatic heterocycles. The predicted octanol–water partition coefficient (Wildman–Crippen LogP) is 3.37. The Labute approximate surface area is 171 Å². The van der Waals surface area contributed by atoms with Crippen molar-refractivity contribution >= 4 is 34.4 Å². The Morgan fingerprint density at radius 2 is 1.97 bits per heavy atom. The molecule has 8 heteroatoms. The average Bonchev–Trinajstić information content (AvgIpc) is 3.00. The Morgan fingerprint density at radius 3 is 2.59 bits per heavy atom. The minimum absolute atomic E-state index is 0.0719. The fourth-order valence-electron chi connectivity index (χ4n) is 3.29. The highest BCUT2D eigenvalue weighted by Crippen LogP contribution is 2.29. The van der Waals surface area contributed by atoms with Gasteiger partial charge >= 0.3 is 5.97 Å². The van der Waals surface area contributed by atoms with Gasteiger partial charge in [0.15, 0.2) is 0 Å². The zero-order valence-corrected chi connectivity index (χ0v) is 16.6. The van der Waals surface area contributed by atoms with Crippen LogP contribution in [-0.2, 0) is 18.3 Å². The Balaban J connectivity index is 1.89. The Bertz CT molecular complexity index is 1110. The highest BCUT2D eigenvalue weighted by atomic mass is 35.5. The normalized spacial score (nSPS) is 12.2. The molecule has 1 aromatic heterocycles. The number of benzene rings is 2. The number of aryl methyl sites for hydroxylation is 2. The molecule has 1 heterocycles. The molecule has 0 unspecified atom stereocenters. The lowest BCUT2D eigenvalue weighted by molar-refractivity contribution is -0.136. The van der Waals surface area contributed by atoms with Crippen LogP contribution in [0.3, 0.4) is 0 Å². The maximum atomic E-state index is 14.5. The van der Waals surface area contributed by atoms with Crippen LogP contribution in [0.2, 0.25) is 5.02 Å². The second-order valence-corrected chi connectivity index (χ2v) is 7.23. The van der Waals surface area contributed by atoms with E-state index in [2.05, 4.69) is 5.32 Å². The number of nitrogens with zero attached hydrogens (tertiary/aromatic N) is 1. The van der Waals surface area contributed by atoms with Gasteiger partial charge in [-0.05, 0) is 36.2 Å². The number of carbonyl (C=O) groups excluding carboxylic acids is 1. The number of hydrogen-bond acceptors (Lipinski definition) is 3. The number of fused-ring (bicyclic) bond motifs is 1. The second kappa shape index (κ2) is 8.23. The van der Waals surface area contributed by atoms with Gasteiger partial charge in [-0.25, -0.2) is 4.39 Å². The number of carbonyl (C=O) groups is 2. The summed E-state index contributed by atoms with van der Waals surface area (Å²) in [4.78, 5) is 23.6. The first kappa shape index (κ1) is 20.8. The molecule has 6 nitrogen and oxygen atoms in total. The van der Waals surface area contributed by atoms with Crippen LogP contribution in [0.25, 0.3) is 10.9 Å². The number of hydrogen-bond donors (Lipinski definition) is 3. The maximum Gasteiger partial charge on any atom is 0.307 e. The van der Waals surface area contributed by atoms with Crippen LogP contribution in [0.5, 0.6) is 0 Å². The smallest absolute Gasteiger partial charge is 0.307 e. The van der Waals surface area contributed by atoms with E-state index in [4.69, 9.17) is 16.7 Å². The first-order chi connectivity index (χ1) is 13.7. The summed E-state index contributed by atoms with van der Waals surface area (Å²) in [5.74, 6) is -2.27. The third-order valence-electron chi connectivity index (χ3n) is 4.87. The lowest BCUT2D eigenvalue weighted by atomic mass is 10.0. The van der Waals surface area contributed by atoms with Crippen molar-refractivity contribution in [2.45, 2.75) is 19.4 Å². The van der Waals surface area contributed by atoms with Crippen molar-refractivity contribution in [1.29, 1.82) is 0 Å². The molecule has 0 saturated carbocycles. The van der Waals surface area contributed by atoms with Crippen LogP contribution < -0.4 is 5.32 Å². The Kier molecular flexibility index (Phi) is 5.91. The zero-order valence-electron chi connectivity index (χ0n) is 15.9. The van der Waals surface area contributed by atoms with Gasteiger partial charge in [-0.2, -0.15) is 0 Å². The summed E-state index contributed by atoms with van der Waals surface area (Å²) in [5, 5.41) is 22.4. The number of aliphatic hydroxyl groups is 1. The monoisotopic (exact) mass is 418 g/mol. The number of halogens is 2. The van der Waals surface area contributed by atoms with Gasteiger partial charge in [0.2, 0.25) is 0 Å². The van der Waals surface area contributed by atoms with Crippen LogP contribution >= 0.6 is 11.6 Å². The summed E-state index contributed by atoms with van der Waals surface area (Å²) < 4.78 is 16.1. The van der Waals surface area contributed by atoms with Crippen LogP contribution in [0.15, 0.2) is 36.4 Å². The van der Waals surface area contributed by atoms with Crippen molar-refractivity contribution in [3.8, 4) is 0 Å². The van der Waals surface area contributed by atoms with Crippen molar-refractivity contribution in [3.63, 3.8) is 0 Å². The summed E-state index contributed by atoms with van der Waals surface area (Å²) in [6.07, 6.45) is -0.316. The van der Waals surface area contributed by atoms with Crippen molar-refractivity contribution < 1.29 is 24.2 Å². The molecule has 3 aromatic rings. The number of aliphatic carboxylic acids is 1. The first-order valence-electron chi connectivity index (χ1n) is 8.89. The molecule has 1 amide bonds. The van der Waals surface area contributed by atoms with Crippen LogP contribution in [0.4, 0.5) is 4.39 Å². The van der Waals surface area contributed by atoms with Crippen molar-refractivity contribution in [3.05, 3.63) is 69.6 Å². The summed E-state index contributed by atoms with van der Waals surface area (Å²) in [5.41, 5.74) is 2.33. The zero-order chi connectivity index (χ0) is 21.3. The highest BCUT2D eigenvalue weighted by molar-refractivity contribution is 6.36. The number of aliphatic hydroxyl groups excluding tert-OH is 1. The van der Waals surface area contributed by atoms with Crippen molar-refractivity contribution in [2.75, 3.05) is 6.61 Å². The SMILES string of the molecule is Cc1ccc2c(cc(C(=O)N[C@H](CO)c3ccc(CC(=O)O)cc3F)n2C)c1Cl. The van der Waals surface area contributed by atoms with E-state index in [1.54, 1.807) is 17.7 Å². The van der Waals surface area contributed by atoms with Gasteiger partial charge in [0.25, 0.3) is 5.91 Å². The molecule has 0 aliphatic rings. The maximum absolute atomic E-state index is 14.5. The summed E-state index contributed by atoms with van der Waals surface area (Å²) in [6, 6.07) is 8.31. The third-order valence-corrected chi connectivity index (χ3v) is 5.37. The number of carboxylic acid groups (broad SMARTS) is 1. The van der Waals surface area contributed by atoms with Crippen molar-refractivity contribution in [2.24, 2.45) is 7.05 Å². The first-order valence-corrected chi connectivity index (χ1v) is 9.27. The van der Waals surface area contributed by atoms with Crippen LogP contribution in [0, 0.1) is 12.7 Å². The number of amides is 1. The molecule has 0 fully saturated rings. The molecule has 152 valence electrons. The van der Waals surface area contributed by atoms with Gasteiger partial charge in [0, 0.05) is 23.5 Å². The van der Waals surface area contributed by atoms with E-state index >= 15 is 0 Å². The van der Waals surface area contributed by atoms with E-state index in [1.165, 1.54) is 12.1 Å². The lowest BCUT2D eigenvalue weighted by Crippen LogP contribution is -2.32. The van der Waals surface area contributed by atoms with Gasteiger partial charge in [-0.3, -0.25) is 9.59 Å². The standard InChI is InChI=1S/C21H20ClFN2O4/c1-11-3-6-17-14(20(11)22)9-18(25(17)2)21(29)24-16(10-26)13-5-4-12(7-15(13)23)8-19(27)28/h3-7,9,16,26H,8,10H2,1-2H3,(H,24,29)(H,27,28)/t16-/m1/s1. The topological polar surface area (TPSA) is 91.6 Å². The van der Waals surface area contributed by atoms with Crippen LogP contribution in [0.1, 0.15) is 33.2 Å². The molecule has 0 spiro atoms. The molecule has 0 saturated heterocycles. The van der Waals surface area contributed by atoms with E-state index < -0.39 is 30.3 Å². The Hall–Kier alpha value is -2.90. The molecule has 0 bridgehead atoms. The number of nitrogens with one attached hydrogen (secondary N) is 1. The van der Waals surface area contributed by atoms with Gasteiger partial charge in [0.05, 0.1) is 24.1 Å². The quantitative estimate of drug-likeness (QED) is 0.572. The molecule has 29 heavy (non-hydrogen) atoms. The minimum atomic E-state index is -1.08. The molecule has 3 rings (SSSR count). The number of rotatable bonds is 6. The molecule has 3 N–H and O–H groups in total. The largest absolute Gasteiger partial charge is 0.481 e. The summed E-state index contributed by atoms with van der Waals surface area (Å²) in [6.45, 7) is 1.35. The molecule has 1 atom stereocenters. The lowest BCUT2D eigenvalue weighted by Gasteiger charge is -2.18. The molecular weight excluding hydrogens is 399 g/mol. The third kappa shape index (κ3) is 4.11. The molecular formula is C21H20ClFN2O4. The van der Waals surface area contributed by atoms with E-state index in [1.807, 2.05) is 19.1 Å². The second-order valence-electron chi connectivity index (χ2n) is 6.85. The number of carboxylic acids is 1. The Morgan fingerprint density at radius 1 is 1.24 bits per heavy atom. The molecule has 2 aromatic carbocycles. The highest BCUT2D eigenvalue weighted by Gasteiger charge is 2.22. The van der Waals surface area contributed by atoms with Gasteiger partial charge in [0.1, 0.15) is 11.5 Å². The summed E-state index contributed by atoms with van der Waals surface area (Å²) >= 11 is 6.34. The molecule has 0 aliphatic carbocycles. The van der Waals surface area contributed by atoms with Crippen LogP contribution in [-0.4, -0.2) is 33.3 Å². The van der Waals surface area contributed by atoms with E-state index in [9.17, 15) is 19.1 Å². The average molecular weight is 419 g/mol. The minimum Gasteiger partial charge on any atom is -0.481 e. The van der Waals surface area contributed by atoms with Gasteiger partial charge < -0.3 is 20.1 Å². The fourth-order valence-corrected chi connectivity index (χ4v) is 3.51.